The van der Waals surface area contributed by atoms with E-state index in [1.165, 1.54) is 0 Å². The fraction of sp³-hybridized carbons (Fsp3) is 0.333. The summed E-state index contributed by atoms with van der Waals surface area (Å²) in [5, 5.41) is 8.94. The number of amides is 3. The second-order valence-corrected chi connectivity index (χ2v) is 7.94. The second kappa shape index (κ2) is 9.80. The molecule has 2 rings (SSSR count). The van der Waals surface area contributed by atoms with Gasteiger partial charge in [0.25, 0.3) is 0 Å². The summed E-state index contributed by atoms with van der Waals surface area (Å²) in [6, 6.07) is 10.3. The van der Waals surface area contributed by atoms with Gasteiger partial charge < -0.3 is 16.0 Å². The Hall–Kier alpha value is -2.24. The van der Waals surface area contributed by atoms with E-state index in [2.05, 4.69) is 43.6 Å². The first-order valence-corrected chi connectivity index (χ1v) is 9.87. The SMILES string of the molecule is CC(C)c1cccc(C(C)C)c1NC(=O)NCC(=O)Nc1cc(Cl)ccc1Cl. The van der Waals surface area contributed by atoms with Crippen LogP contribution in [0.5, 0.6) is 0 Å². The molecule has 0 unspecified atom stereocenters. The zero-order valence-corrected chi connectivity index (χ0v) is 17.9. The Balaban J connectivity index is 2.03. The third kappa shape index (κ3) is 5.88. The highest BCUT2D eigenvalue weighted by molar-refractivity contribution is 6.35. The van der Waals surface area contributed by atoms with E-state index in [0.29, 0.717) is 15.7 Å². The van der Waals surface area contributed by atoms with Crippen LogP contribution in [0.2, 0.25) is 10.0 Å². The van der Waals surface area contributed by atoms with Crippen LogP contribution in [0.15, 0.2) is 36.4 Å². The Morgan fingerprint density at radius 1 is 0.929 bits per heavy atom. The molecule has 2 aromatic rings. The Bertz CT molecular complexity index is 840. The zero-order valence-electron chi connectivity index (χ0n) is 16.4. The quantitative estimate of drug-likeness (QED) is 0.534. The van der Waals surface area contributed by atoms with Gasteiger partial charge in [-0.25, -0.2) is 4.79 Å². The van der Waals surface area contributed by atoms with Crippen LogP contribution >= 0.6 is 23.2 Å². The lowest BCUT2D eigenvalue weighted by Gasteiger charge is -2.20. The van der Waals surface area contributed by atoms with E-state index in [0.717, 1.165) is 16.8 Å². The molecule has 3 N–H and O–H groups in total. The smallest absolute Gasteiger partial charge is 0.319 e. The number of urea groups is 1. The number of rotatable bonds is 6. The number of benzene rings is 2. The highest BCUT2D eigenvalue weighted by Gasteiger charge is 2.16. The van der Waals surface area contributed by atoms with Gasteiger partial charge in [0.2, 0.25) is 5.91 Å². The average molecular weight is 422 g/mol. The Kier molecular flexibility index (Phi) is 7.72. The Morgan fingerprint density at radius 2 is 1.54 bits per heavy atom. The van der Waals surface area contributed by atoms with E-state index in [1.54, 1.807) is 18.2 Å². The van der Waals surface area contributed by atoms with Crippen molar-refractivity contribution >= 4 is 46.5 Å². The van der Waals surface area contributed by atoms with Gasteiger partial charge in [-0.1, -0.05) is 69.1 Å². The summed E-state index contributed by atoms with van der Waals surface area (Å²) >= 11 is 11.9. The summed E-state index contributed by atoms with van der Waals surface area (Å²) in [6.45, 7) is 8.10. The van der Waals surface area contributed by atoms with Crippen LogP contribution in [0.25, 0.3) is 0 Å². The number of hydrogen-bond donors (Lipinski definition) is 3. The van der Waals surface area contributed by atoms with Gasteiger partial charge in [-0.15, -0.1) is 0 Å². The summed E-state index contributed by atoms with van der Waals surface area (Å²) in [7, 11) is 0. The molecule has 0 aromatic heterocycles. The van der Waals surface area contributed by atoms with Gasteiger partial charge in [0.1, 0.15) is 0 Å². The van der Waals surface area contributed by atoms with Crippen LogP contribution < -0.4 is 16.0 Å². The Labute approximate surface area is 175 Å². The molecule has 3 amide bonds. The van der Waals surface area contributed by atoms with E-state index in [1.807, 2.05) is 18.2 Å². The molecule has 5 nitrogen and oxygen atoms in total. The summed E-state index contributed by atoms with van der Waals surface area (Å²) in [4.78, 5) is 24.5. The van der Waals surface area contributed by atoms with Gasteiger partial charge in [0, 0.05) is 10.7 Å². The summed E-state index contributed by atoms with van der Waals surface area (Å²) < 4.78 is 0. The first kappa shape index (κ1) is 22.1. The van der Waals surface area contributed by atoms with Crippen LogP contribution in [0.1, 0.15) is 50.7 Å². The van der Waals surface area contributed by atoms with Crippen molar-refractivity contribution in [2.75, 3.05) is 17.2 Å². The van der Waals surface area contributed by atoms with E-state index in [9.17, 15) is 9.59 Å². The van der Waals surface area contributed by atoms with Crippen LogP contribution in [-0.4, -0.2) is 18.5 Å². The summed E-state index contributed by atoms with van der Waals surface area (Å²) in [5.74, 6) is 0.102. The van der Waals surface area contributed by atoms with Crippen molar-refractivity contribution in [3.8, 4) is 0 Å². The molecule has 0 bridgehead atoms. The van der Waals surface area contributed by atoms with Crippen LogP contribution in [-0.2, 0) is 4.79 Å². The monoisotopic (exact) mass is 421 g/mol. The predicted molar refractivity (Wildman–Crippen MR) is 117 cm³/mol. The maximum Gasteiger partial charge on any atom is 0.319 e. The third-order valence-electron chi connectivity index (χ3n) is 4.22. The highest BCUT2D eigenvalue weighted by atomic mass is 35.5. The molecule has 0 radical (unpaired) electrons. The minimum Gasteiger partial charge on any atom is -0.329 e. The maximum atomic E-state index is 12.4. The van der Waals surface area contributed by atoms with Crippen molar-refractivity contribution in [1.29, 1.82) is 0 Å². The van der Waals surface area contributed by atoms with Gasteiger partial charge in [-0.3, -0.25) is 4.79 Å². The Morgan fingerprint density at radius 3 is 2.11 bits per heavy atom. The van der Waals surface area contributed by atoms with Gasteiger partial charge in [0.05, 0.1) is 17.3 Å². The lowest BCUT2D eigenvalue weighted by atomic mass is 9.93. The first-order valence-electron chi connectivity index (χ1n) is 9.11. The lowest BCUT2D eigenvalue weighted by molar-refractivity contribution is -0.115. The first-order chi connectivity index (χ1) is 13.2. The molecule has 0 heterocycles. The fourth-order valence-corrected chi connectivity index (χ4v) is 3.14. The predicted octanol–water partition coefficient (Wildman–Crippen LogP) is 6.00. The number of halogens is 2. The molecule has 0 saturated carbocycles. The number of para-hydroxylation sites is 1. The minimum atomic E-state index is -0.442. The second-order valence-electron chi connectivity index (χ2n) is 7.10. The zero-order chi connectivity index (χ0) is 20.8. The van der Waals surface area contributed by atoms with Crippen LogP contribution in [0, 0.1) is 0 Å². The van der Waals surface area contributed by atoms with Crippen molar-refractivity contribution in [3.63, 3.8) is 0 Å². The van der Waals surface area contributed by atoms with Crippen LogP contribution in [0.3, 0.4) is 0 Å². The minimum absolute atomic E-state index is 0.199. The van der Waals surface area contributed by atoms with Crippen molar-refractivity contribution in [3.05, 3.63) is 57.6 Å². The maximum absolute atomic E-state index is 12.4. The normalized spacial score (nSPS) is 10.9. The molecule has 0 aliphatic heterocycles. The largest absolute Gasteiger partial charge is 0.329 e. The summed E-state index contributed by atoms with van der Waals surface area (Å²) in [5.41, 5.74) is 3.30. The topological polar surface area (TPSA) is 70.2 Å². The van der Waals surface area contributed by atoms with Gasteiger partial charge in [-0.2, -0.15) is 0 Å². The number of carbonyl (C=O) groups is 2. The molecule has 0 aliphatic carbocycles. The van der Waals surface area contributed by atoms with Gasteiger partial charge in [0.15, 0.2) is 0 Å². The van der Waals surface area contributed by atoms with Crippen LogP contribution in [0.4, 0.5) is 16.2 Å². The third-order valence-corrected chi connectivity index (χ3v) is 4.79. The number of nitrogens with one attached hydrogen (secondary N) is 3. The lowest BCUT2D eigenvalue weighted by Crippen LogP contribution is -2.36. The van der Waals surface area contributed by atoms with E-state index < -0.39 is 11.9 Å². The average Bonchev–Trinajstić information content (AvgIpc) is 2.62. The van der Waals surface area contributed by atoms with Crippen molar-refractivity contribution < 1.29 is 9.59 Å². The molecular formula is C21H25Cl2N3O2. The molecule has 0 atom stereocenters. The fourth-order valence-electron chi connectivity index (χ4n) is 2.80. The molecule has 28 heavy (non-hydrogen) atoms. The van der Waals surface area contributed by atoms with E-state index in [-0.39, 0.29) is 18.4 Å². The van der Waals surface area contributed by atoms with Gasteiger partial charge in [-0.05, 0) is 41.2 Å². The number of hydrogen-bond acceptors (Lipinski definition) is 2. The molecule has 0 spiro atoms. The molecule has 0 aliphatic rings. The van der Waals surface area contributed by atoms with Crippen molar-refractivity contribution in [2.24, 2.45) is 0 Å². The number of anilines is 2. The molecule has 0 saturated heterocycles. The molecule has 150 valence electrons. The van der Waals surface area contributed by atoms with Gasteiger partial charge >= 0.3 is 6.03 Å². The molecule has 2 aromatic carbocycles. The number of carbonyl (C=O) groups excluding carboxylic acids is 2. The molecule has 7 heteroatoms. The van der Waals surface area contributed by atoms with E-state index in [4.69, 9.17) is 23.2 Å². The molecular weight excluding hydrogens is 397 g/mol. The van der Waals surface area contributed by atoms with Crippen molar-refractivity contribution in [1.82, 2.24) is 5.32 Å². The van der Waals surface area contributed by atoms with Crippen molar-refractivity contribution in [2.45, 2.75) is 39.5 Å². The molecule has 0 fully saturated rings. The standard InChI is InChI=1S/C21H25Cl2N3O2/c1-12(2)15-6-5-7-16(13(3)4)20(15)26-21(28)24-11-19(27)25-18-10-14(22)8-9-17(18)23/h5-10,12-13H,11H2,1-4H3,(H,25,27)(H2,24,26,28). The summed E-state index contributed by atoms with van der Waals surface area (Å²) in [6.07, 6.45) is 0. The van der Waals surface area contributed by atoms with E-state index >= 15 is 0 Å². The highest BCUT2D eigenvalue weighted by Crippen LogP contribution is 2.32.